The number of alkyl halides is 1. The summed E-state index contributed by atoms with van der Waals surface area (Å²) < 4.78 is 5.13. The number of amides is 1. The SMILES string of the molecule is CC(C)(C)CC(CNC(=O)OCc1ccccc1)C(=O)CCl. The molecule has 5 heteroatoms. The monoisotopic (exact) mass is 325 g/mol. The van der Waals surface area contributed by atoms with E-state index in [4.69, 9.17) is 16.3 Å². The summed E-state index contributed by atoms with van der Waals surface area (Å²) in [6.45, 7) is 6.61. The van der Waals surface area contributed by atoms with Crippen LogP contribution in [0.1, 0.15) is 32.8 Å². The van der Waals surface area contributed by atoms with Gasteiger partial charge in [-0.1, -0.05) is 51.1 Å². The van der Waals surface area contributed by atoms with Gasteiger partial charge in [-0.3, -0.25) is 4.79 Å². The topological polar surface area (TPSA) is 55.4 Å². The number of hydrogen-bond acceptors (Lipinski definition) is 3. The number of nitrogens with one attached hydrogen (secondary N) is 1. The van der Waals surface area contributed by atoms with E-state index in [9.17, 15) is 9.59 Å². The molecule has 1 rings (SSSR count). The summed E-state index contributed by atoms with van der Waals surface area (Å²) in [7, 11) is 0. The first kappa shape index (κ1) is 18.5. The molecule has 0 aromatic heterocycles. The van der Waals surface area contributed by atoms with E-state index in [0.717, 1.165) is 5.56 Å². The van der Waals surface area contributed by atoms with Gasteiger partial charge in [0.15, 0.2) is 5.78 Å². The Labute approximate surface area is 137 Å². The van der Waals surface area contributed by atoms with Gasteiger partial charge in [-0.25, -0.2) is 4.79 Å². The first-order valence-electron chi connectivity index (χ1n) is 7.35. The van der Waals surface area contributed by atoms with Crippen molar-refractivity contribution < 1.29 is 14.3 Å². The molecule has 122 valence electrons. The highest BCUT2D eigenvalue weighted by atomic mass is 35.5. The molecule has 0 spiro atoms. The van der Waals surface area contributed by atoms with Gasteiger partial charge >= 0.3 is 6.09 Å². The third-order valence-electron chi connectivity index (χ3n) is 3.15. The molecule has 0 aliphatic carbocycles. The molecule has 1 unspecified atom stereocenters. The van der Waals surface area contributed by atoms with Crippen molar-refractivity contribution in [2.75, 3.05) is 12.4 Å². The Balaban J connectivity index is 2.43. The Kier molecular flexibility index (Phi) is 7.39. The van der Waals surface area contributed by atoms with E-state index in [-0.39, 0.29) is 36.1 Å². The zero-order valence-corrected chi connectivity index (χ0v) is 14.2. The Hall–Kier alpha value is -1.55. The fourth-order valence-corrected chi connectivity index (χ4v) is 2.35. The molecule has 4 nitrogen and oxygen atoms in total. The lowest BCUT2D eigenvalue weighted by Gasteiger charge is -2.24. The molecule has 1 N–H and O–H groups in total. The van der Waals surface area contributed by atoms with Crippen molar-refractivity contribution in [3.05, 3.63) is 35.9 Å². The molecule has 0 saturated carbocycles. The van der Waals surface area contributed by atoms with Gasteiger partial charge in [0, 0.05) is 12.5 Å². The normalized spacial score (nSPS) is 12.5. The predicted molar refractivity (Wildman–Crippen MR) is 87.9 cm³/mol. The number of benzene rings is 1. The lowest BCUT2D eigenvalue weighted by molar-refractivity contribution is -0.121. The quantitative estimate of drug-likeness (QED) is 0.776. The summed E-state index contributed by atoms with van der Waals surface area (Å²) >= 11 is 5.64. The van der Waals surface area contributed by atoms with Crippen molar-refractivity contribution in [2.45, 2.75) is 33.8 Å². The fourth-order valence-electron chi connectivity index (χ4n) is 2.13. The van der Waals surface area contributed by atoms with Crippen LogP contribution in [0.4, 0.5) is 4.79 Å². The predicted octanol–water partition coefficient (Wildman–Crippen LogP) is 3.77. The number of alkyl carbamates (subject to hydrolysis) is 1. The zero-order chi connectivity index (χ0) is 16.6. The largest absolute Gasteiger partial charge is 0.445 e. The van der Waals surface area contributed by atoms with Crippen LogP contribution in [0.15, 0.2) is 30.3 Å². The van der Waals surface area contributed by atoms with Crippen LogP contribution in [0, 0.1) is 11.3 Å². The summed E-state index contributed by atoms with van der Waals surface area (Å²) in [5.74, 6) is -0.386. The van der Waals surface area contributed by atoms with Crippen molar-refractivity contribution in [1.82, 2.24) is 5.32 Å². The van der Waals surface area contributed by atoms with Gasteiger partial charge < -0.3 is 10.1 Å². The minimum absolute atomic E-state index is 0.0119. The smallest absolute Gasteiger partial charge is 0.407 e. The number of halogens is 1. The average molecular weight is 326 g/mol. The number of Topliss-reactive ketones (excluding diaryl/α,β-unsaturated/α-hetero) is 1. The standard InChI is InChI=1S/C17H24ClNO3/c1-17(2,3)9-14(15(20)10-18)11-19-16(21)22-12-13-7-5-4-6-8-13/h4-8,14H,9-12H2,1-3H3,(H,19,21). The van der Waals surface area contributed by atoms with Crippen molar-refractivity contribution in [2.24, 2.45) is 11.3 Å². The van der Waals surface area contributed by atoms with Gasteiger partial charge in [0.1, 0.15) is 6.61 Å². The highest BCUT2D eigenvalue weighted by Gasteiger charge is 2.24. The fraction of sp³-hybridized carbons (Fsp3) is 0.529. The number of ether oxygens (including phenoxy) is 1. The molecule has 1 aromatic carbocycles. The average Bonchev–Trinajstić information content (AvgIpc) is 2.48. The number of ketones is 1. The molecule has 0 saturated heterocycles. The summed E-state index contributed by atoms with van der Waals surface area (Å²) in [6, 6.07) is 9.43. The maximum atomic E-state index is 11.9. The second-order valence-electron chi connectivity index (χ2n) is 6.50. The number of hydrogen-bond donors (Lipinski definition) is 1. The molecule has 1 aromatic rings. The number of carbonyl (C=O) groups is 2. The molecule has 0 aliphatic heterocycles. The number of carbonyl (C=O) groups excluding carboxylic acids is 2. The first-order chi connectivity index (χ1) is 10.3. The lowest BCUT2D eigenvalue weighted by Crippen LogP contribution is -2.35. The Bertz CT molecular complexity index is 482. The van der Waals surface area contributed by atoms with Crippen LogP contribution in [-0.2, 0) is 16.1 Å². The first-order valence-corrected chi connectivity index (χ1v) is 7.88. The van der Waals surface area contributed by atoms with E-state index in [2.05, 4.69) is 26.1 Å². The van der Waals surface area contributed by atoms with E-state index >= 15 is 0 Å². The van der Waals surface area contributed by atoms with E-state index < -0.39 is 6.09 Å². The van der Waals surface area contributed by atoms with Crippen molar-refractivity contribution in [3.63, 3.8) is 0 Å². The molecule has 1 amide bonds. The van der Waals surface area contributed by atoms with Crippen molar-refractivity contribution in [3.8, 4) is 0 Å². The van der Waals surface area contributed by atoms with Crippen LogP contribution in [0.2, 0.25) is 0 Å². The molecular weight excluding hydrogens is 302 g/mol. The van der Waals surface area contributed by atoms with Crippen LogP contribution in [-0.4, -0.2) is 24.3 Å². The highest BCUT2D eigenvalue weighted by Crippen LogP contribution is 2.25. The van der Waals surface area contributed by atoms with Crippen LogP contribution in [0.25, 0.3) is 0 Å². The zero-order valence-electron chi connectivity index (χ0n) is 13.4. The Morgan fingerprint density at radius 3 is 2.41 bits per heavy atom. The summed E-state index contributed by atoms with van der Waals surface area (Å²) in [5.41, 5.74) is 0.905. The molecule has 0 radical (unpaired) electrons. The van der Waals surface area contributed by atoms with Gasteiger partial charge in [-0.2, -0.15) is 0 Å². The summed E-state index contributed by atoms with van der Waals surface area (Å²) in [6.07, 6.45) is 0.141. The van der Waals surface area contributed by atoms with E-state index in [1.807, 2.05) is 30.3 Å². The summed E-state index contributed by atoms with van der Waals surface area (Å²) in [4.78, 5) is 23.6. The van der Waals surface area contributed by atoms with E-state index in [0.29, 0.717) is 6.42 Å². The summed E-state index contributed by atoms with van der Waals surface area (Å²) in [5, 5.41) is 2.65. The number of rotatable bonds is 7. The van der Waals surface area contributed by atoms with Gasteiger partial charge in [-0.15, -0.1) is 11.6 Å². The van der Waals surface area contributed by atoms with Gasteiger partial charge in [0.05, 0.1) is 5.88 Å². The van der Waals surface area contributed by atoms with E-state index in [1.165, 1.54) is 0 Å². The van der Waals surface area contributed by atoms with Crippen LogP contribution in [0.3, 0.4) is 0 Å². The highest BCUT2D eigenvalue weighted by molar-refractivity contribution is 6.27. The molecule has 0 bridgehead atoms. The van der Waals surface area contributed by atoms with Crippen LogP contribution >= 0.6 is 11.6 Å². The minimum atomic E-state index is -0.523. The molecule has 1 atom stereocenters. The van der Waals surface area contributed by atoms with Crippen molar-refractivity contribution in [1.29, 1.82) is 0 Å². The third kappa shape index (κ3) is 7.46. The lowest BCUT2D eigenvalue weighted by atomic mass is 9.83. The maximum absolute atomic E-state index is 11.9. The van der Waals surface area contributed by atoms with Gasteiger partial charge in [0.2, 0.25) is 0 Å². The van der Waals surface area contributed by atoms with Crippen LogP contribution < -0.4 is 5.32 Å². The Morgan fingerprint density at radius 1 is 1.23 bits per heavy atom. The molecule has 0 fully saturated rings. The Morgan fingerprint density at radius 2 is 1.86 bits per heavy atom. The van der Waals surface area contributed by atoms with Gasteiger partial charge in [-0.05, 0) is 17.4 Å². The third-order valence-corrected chi connectivity index (χ3v) is 3.41. The van der Waals surface area contributed by atoms with Gasteiger partial charge in [0.25, 0.3) is 0 Å². The molecular formula is C17H24ClNO3. The van der Waals surface area contributed by atoms with E-state index in [1.54, 1.807) is 0 Å². The van der Waals surface area contributed by atoms with Crippen LogP contribution in [0.5, 0.6) is 0 Å². The second kappa shape index (κ2) is 8.79. The molecule has 0 aliphatic rings. The maximum Gasteiger partial charge on any atom is 0.407 e. The molecule has 0 heterocycles. The molecule has 22 heavy (non-hydrogen) atoms. The van der Waals surface area contributed by atoms with Crippen molar-refractivity contribution >= 4 is 23.5 Å². The minimum Gasteiger partial charge on any atom is -0.445 e. The second-order valence-corrected chi connectivity index (χ2v) is 6.77.